The molecular formula is C28H19BrN4O5. The highest BCUT2D eigenvalue weighted by molar-refractivity contribution is 9.10. The molecular weight excluding hydrogens is 552 g/mol. The molecule has 2 aliphatic rings. The van der Waals surface area contributed by atoms with Gasteiger partial charge in [-0.3, -0.25) is 25.1 Å². The highest BCUT2D eigenvalue weighted by Gasteiger charge is 2.46. The van der Waals surface area contributed by atoms with Gasteiger partial charge in [0.1, 0.15) is 11.7 Å². The minimum Gasteiger partial charge on any atom is -0.467 e. The summed E-state index contributed by atoms with van der Waals surface area (Å²) in [6.07, 6.45) is -0.550. The highest BCUT2D eigenvalue weighted by atomic mass is 79.9. The number of anilines is 2. The first kappa shape index (κ1) is 23.7. The Morgan fingerprint density at radius 3 is 1.95 bits per heavy atom. The molecule has 2 aliphatic heterocycles. The van der Waals surface area contributed by atoms with Crippen LogP contribution in [0.1, 0.15) is 28.8 Å². The SMILES string of the molecule is O=[N+]([O-])c1ccc([C@@H]2[C@H](c3ccc([N+](=O)[O-])cc3)OC3=C(c4ccc(Br)cc4)Nc4ccccc4N32)cc1. The molecule has 4 aromatic rings. The molecule has 4 aromatic carbocycles. The third kappa shape index (κ3) is 4.04. The first-order chi connectivity index (χ1) is 18.4. The maximum absolute atomic E-state index is 11.3. The van der Waals surface area contributed by atoms with Crippen molar-refractivity contribution < 1.29 is 14.6 Å². The van der Waals surface area contributed by atoms with Crippen molar-refractivity contribution in [1.29, 1.82) is 0 Å². The Hall–Kier alpha value is -4.70. The van der Waals surface area contributed by atoms with E-state index >= 15 is 0 Å². The normalized spacial score (nSPS) is 17.8. The average molecular weight is 571 g/mol. The number of nitro benzene ring substituents is 2. The zero-order valence-corrected chi connectivity index (χ0v) is 21.2. The number of ether oxygens (including phenoxy) is 1. The molecule has 0 spiro atoms. The lowest BCUT2D eigenvalue weighted by molar-refractivity contribution is -0.385. The van der Waals surface area contributed by atoms with Gasteiger partial charge in [-0.1, -0.05) is 40.2 Å². The summed E-state index contributed by atoms with van der Waals surface area (Å²) in [5, 5.41) is 26.1. The molecule has 188 valence electrons. The van der Waals surface area contributed by atoms with Crippen molar-refractivity contribution in [3.63, 3.8) is 0 Å². The molecule has 1 saturated heterocycles. The number of fused-ring (bicyclic) bond motifs is 3. The maximum Gasteiger partial charge on any atom is 0.269 e. The number of hydrogen-bond donors (Lipinski definition) is 1. The zero-order valence-electron chi connectivity index (χ0n) is 19.7. The Balaban J connectivity index is 1.55. The van der Waals surface area contributed by atoms with E-state index in [0.29, 0.717) is 5.88 Å². The molecule has 0 bridgehead atoms. The van der Waals surface area contributed by atoms with Gasteiger partial charge in [0, 0.05) is 34.3 Å². The predicted molar refractivity (Wildman–Crippen MR) is 146 cm³/mol. The Bertz CT molecular complexity index is 1590. The first-order valence-corrected chi connectivity index (χ1v) is 12.5. The Labute approximate surface area is 225 Å². The highest BCUT2D eigenvalue weighted by Crippen LogP contribution is 2.54. The van der Waals surface area contributed by atoms with E-state index in [1.54, 1.807) is 24.3 Å². The molecule has 1 N–H and O–H groups in total. The van der Waals surface area contributed by atoms with E-state index in [2.05, 4.69) is 26.1 Å². The molecule has 0 radical (unpaired) electrons. The van der Waals surface area contributed by atoms with E-state index in [1.807, 2.05) is 48.5 Å². The first-order valence-electron chi connectivity index (χ1n) is 11.7. The number of benzene rings is 4. The number of para-hydroxylation sites is 2. The summed E-state index contributed by atoms with van der Waals surface area (Å²) in [6.45, 7) is 0. The second kappa shape index (κ2) is 9.31. The third-order valence-corrected chi connectivity index (χ3v) is 7.20. The van der Waals surface area contributed by atoms with Crippen LogP contribution in [0.3, 0.4) is 0 Å². The molecule has 6 rings (SSSR count). The number of halogens is 1. The van der Waals surface area contributed by atoms with Crippen LogP contribution < -0.4 is 10.2 Å². The van der Waals surface area contributed by atoms with Gasteiger partial charge >= 0.3 is 0 Å². The molecule has 0 unspecified atom stereocenters. The van der Waals surface area contributed by atoms with E-state index in [-0.39, 0.29) is 11.4 Å². The van der Waals surface area contributed by atoms with E-state index in [4.69, 9.17) is 4.74 Å². The molecule has 38 heavy (non-hydrogen) atoms. The maximum atomic E-state index is 11.3. The smallest absolute Gasteiger partial charge is 0.269 e. The van der Waals surface area contributed by atoms with Gasteiger partial charge in [-0.15, -0.1) is 0 Å². The quantitative estimate of drug-likeness (QED) is 0.197. The van der Waals surface area contributed by atoms with E-state index in [9.17, 15) is 20.2 Å². The minimum absolute atomic E-state index is 0.00780. The van der Waals surface area contributed by atoms with Crippen LogP contribution in [0.5, 0.6) is 0 Å². The fraction of sp³-hybridized carbons (Fsp3) is 0.0714. The van der Waals surface area contributed by atoms with Crippen LogP contribution in [0.25, 0.3) is 5.70 Å². The molecule has 0 amide bonds. The number of rotatable bonds is 5. The summed E-state index contributed by atoms with van der Waals surface area (Å²) in [5.74, 6) is 0.595. The molecule has 0 aliphatic carbocycles. The van der Waals surface area contributed by atoms with Crippen LogP contribution >= 0.6 is 15.9 Å². The molecule has 9 nitrogen and oxygen atoms in total. The van der Waals surface area contributed by atoms with Gasteiger partial charge in [0.25, 0.3) is 11.4 Å². The summed E-state index contributed by atoms with van der Waals surface area (Å²) in [7, 11) is 0. The van der Waals surface area contributed by atoms with Gasteiger partial charge in [-0.2, -0.15) is 0 Å². The largest absolute Gasteiger partial charge is 0.467 e. The zero-order chi connectivity index (χ0) is 26.4. The van der Waals surface area contributed by atoms with E-state index < -0.39 is 22.0 Å². The second-order valence-electron chi connectivity index (χ2n) is 8.88. The van der Waals surface area contributed by atoms with Crippen LogP contribution in [-0.2, 0) is 4.74 Å². The van der Waals surface area contributed by atoms with Crippen molar-refractivity contribution in [2.45, 2.75) is 12.1 Å². The van der Waals surface area contributed by atoms with Gasteiger partial charge in [0.15, 0.2) is 6.10 Å². The number of nitro groups is 2. The van der Waals surface area contributed by atoms with Crippen molar-refractivity contribution in [1.82, 2.24) is 0 Å². The standard InChI is InChI=1S/C28H19BrN4O5/c29-20-11-5-17(6-12-20)25-28-31(24-4-2-1-3-23(24)30-25)26(18-7-13-21(14-8-18)32(34)35)27(38-28)19-9-15-22(16-10-19)33(36)37/h1-16,26-27,30H/t26-,27+/m1/s1. The summed E-state index contributed by atoms with van der Waals surface area (Å²) < 4.78 is 7.62. The lowest BCUT2D eigenvalue weighted by Gasteiger charge is -2.33. The third-order valence-electron chi connectivity index (χ3n) is 6.67. The molecule has 2 heterocycles. The van der Waals surface area contributed by atoms with Crippen molar-refractivity contribution in [3.8, 4) is 0 Å². The van der Waals surface area contributed by atoms with Crippen LogP contribution in [0.15, 0.2) is 107 Å². The fourth-order valence-corrected chi connectivity index (χ4v) is 5.15. The number of nitrogens with one attached hydrogen (secondary N) is 1. The van der Waals surface area contributed by atoms with Crippen molar-refractivity contribution in [2.75, 3.05) is 10.2 Å². The van der Waals surface area contributed by atoms with E-state index in [0.717, 1.165) is 38.2 Å². The van der Waals surface area contributed by atoms with Crippen molar-refractivity contribution >= 4 is 44.4 Å². The van der Waals surface area contributed by atoms with Gasteiger partial charge in [-0.05, 0) is 59.7 Å². The minimum atomic E-state index is -0.550. The number of non-ortho nitro benzene ring substituents is 2. The summed E-state index contributed by atoms with van der Waals surface area (Å²) in [6, 6.07) is 28.0. The number of hydrogen-bond acceptors (Lipinski definition) is 7. The van der Waals surface area contributed by atoms with Crippen LogP contribution in [0, 0.1) is 20.2 Å². The lowest BCUT2D eigenvalue weighted by atomic mass is 9.94. The molecule has 1 fully saturated rings. The topological polar surface area (TPSA) is 111 Å². The second-order valence-corrected chi connectivity index (χ2v) is 9.80. The van der Waals surface area contributed by atoms with Crippen LogP contribution in [0.2, 0.25) is 0 Å². The van der Waals surface area contributed by atoms with Crippen LogP contribution in [0.4, 0.5) is 22.7 Å². The number of nitrogens with zero attached hydrogens (tertiary/aromatic N) is 3. The fourth-order valence-electron chi connectivity index (χ4n) is 4.88. The van der Waals surface area contributed by atoms with E-state index in [1.165, 1.54) is 24.3 Å². The molecule has 2 atom stereocenters. The monoisotopic (exact) mass is 570 g/mol. The summed E-state index contributed by atoms with van der Waals surface area (Å²) in [5.41, 5.74) is 4.98. The van der Waals surface area contributed by atoms with Crippen molar-refractivity contribution in [2.24, 2.45) is 0 Å². The molecule has 0 aromatic heterocycles. The summed E-state index contributed by atoms with van der Waals surface area (Å²) >= 11 is 3.49. The Morgan fingerprint density at radius 1 is 0.763 bits per heavy atom. The van der Waals surface area contributed by atoms with Gasteiger partial charge < -0.3 is 10.1 Å². The van der Waals surface area contributed by atoms with Crippen LogP contribution in [-0.4, -0.2) is 9.85 Å². The predicted octanol–water partition coefficient (Wildman–Crippen LogP) is 7.34. The average Bonchev–Trinajstić information content (AvgIpc) is 3.34. The molecule has 0 saturated carbocycles. The Morgan fingerprint density at radius 2 is 1.34 bits per heavy atom. The van der Waals surface area contributed by atoms with Gasteiger partial charge in [0.05, 0.1) is 21.2 Å². The molecule has 10 heteroatoms. The lowest BCUT2D eigenvalue weighted by Crippen LogP contribution is -2.29. The van der Waals surface area contributed by atoms with Gasteiger partial charge in [0.2, 0.25) is 5.88 Å². The van der Waals surface area contributed by atoms with Crippen molar-refractivity contribution in [3.05, 3.63) is 144 Å². The summed E-state index contributed by atoms with van der Waals surface area (Å²) in [4.78, 5) is 23.8. The van der Waals surface area contributed by atoms with Gasteiger partial charge in [-0.25, -0.2) is 0 Å². The Kier molecular flexibility index (Phi) is 5.80.